The summed E-state index contributed by atoms with van der Waals surface area (Å²) in [5.41, 5.74) is 5.26. The quantitative estimate of drug-likeness (QED) is 0.837. The number of rotatable bonds is 2. The Labute approximate surface area is 99.9 Å². The molecule has 1 aromatic rings. The lowest BCUT2D eigenvalue weighted by atomic mass is 9.95. The SMILES string of the molecule is CCn1c(=O)cc(N)n(C2CCCCC2)c1=O. The summed E-state index contributed by atoms with van der Waals surface area (Å²) in [6.07, 6.45) is 5.43. The Morgan fingerprint density at radius 2 is 1.94 bits per heavy atom. The van der Waals surface area contributed by atoms with E-state index in [1.807, 2.05) is 0 Å². The summed E-state index contributed by atoms with van der Waals surface area (Å²) >= 11 is 0. The topological polar surface area (TPSA) is 70.0 Å². The molecule has 1 aliphatic rings. The van der Waals surface area contributed by atoms with Gasteiger partial charge < -0.3 is 5.73 Å². The van der Waals surface area contributed by atoms with E-state index in [4.69, 9.17) is 5.73 Å². The maximum atomic E-state index is 12.2. The average molecular weight is 237 g/mol. The normalized spacial score (nSPS) is 17.2. The van der Waals surface area contributed by atoms with Crippen molar-refractivity contribution in [1.82, 2.24) is 9.13 Å². The molecule has 1 saturated carbocycles. The van der Waals surface area contributed by atoms with Gasteiger partial charge in [0.2, 0.25) is 0 Å². The number of anilines is 1. The lowest BCUT2D eigenvalue weighted by Gasteiger charge is -2.25. The van der Waals surface area contributed by atoms with Gasteiger partial charge in [-0.25, -0.2) is 4.79 Å². The molecule has 0 spiro atoms. The van der Waals surface area contributed by atoms with Gasteiger partial charge in [-0.1, -0.05) is 19.3 Å². The summed E-state index contributed by atoms with van der Waals surface area (Å²) in [4.78, 5) is 23.8. The summed E-state index contributed by atoms with van der Waals surface area (Å²) in [5, 5.41) is 0. The van der Waals surface area contributed by atoms with Gasteiger partial charge in [-0.2, -0.15) is 0 Å². The number of hydrogen-bond acceptors (Lipinski definition) is 3. The molecule has 0 aromatic carbocycles. The van der Waals surface area contributed by atoms with Crippen molar-refractivity contribution in [3.05, 3.63) is 26.9 Å². The van der Waals surface area contributed by atoms with Crippen LogP contribution in [0.15, 0.2) is 15.7 Å². The summed E-state index contributed by atoms with van der Waals surface area (Å²) < 4.78 is 2.84. The summed E-state index contributed by atoms with van der Waals surface area (Å²) in [6.45, 7) is 2.19. The summed E-state index contributed by atoms with van der Waals surface area (Å²) in [5.74, 6) is 0.302. The predicted octanol–water partition coefficient (Wildman–Crippen LogP) is 1.12. The zero-order valence-corrected chi connectivity index (χ0v) is 10.2. The van der Waals surface area contributed by atoms with E-state index in [2.05, 4.69) is 0 Å². The van der Waals surface area contributed by atoms with Crippen molar-refractivity contribution >= 4 is 5.82 Å². The largest absolute Gasteiger partial charge is 0.385 e. The van der Waals surface area contributed by atoms with E-state index in [1.54, 1.807) is 11.5 Å². The van der Waals surface area contributed by atoms with Gasteiger partial charge in [-0.3, -0.25) is 13.9 Å². The molecule has 0 radical (unpaired) electrons. The molecule has 0 atom stereocenters. The Bertz CT molecular complexity index is 509. The molecule has 5 heteroatoms. The van der Waals surface area contributed by atoms with Gasteiger partial charge in [0, 0.05) is 18.7 Å². The molecule has 2 N–H and O–H groups in total. The van der Waals surface area contributed by atoms with E-state index >= 15 is 0 Å². The molecule has 2 rings (SSSR count). The van der Waals surface area contributed by atoms with E-state index in [1.165, 1.54) is 17.1 Å². The third-order valence-corrected chi connectivity index (χ3v) is 3.51. The van der Waals surface area contributed by atoms with Crippen molar-refractivity contribution in [2.45, 2.75) is 51.6 Å². The third-order valence-electron chi connectivity index (χ3n) is 3.51. The summed E-state index contributed by atoms with van der Waals surface area (Å²) in [6, 6.07) is 1.52. The molecule has 1 aliphatic carbocycles. The van der Waals surface area contributed by atoms with Crippen LogP contribution >= 0.6 is 0 Å². The van der Waals surface area contributed by atoms with E-state index in [-0.39, 0.29) is 17.3 Å². The molecule has 0 saturated heterocycles. The van der Waals surface area contributed by atoms with Crippen molar-refractivity contribution in [3.8, 4) is 0 Å². The molecule has 94 valence electrons. The fourth-order valence-electron chi connectivity index (χ4n) is 2.61. The van der Waals surface area contributed by atoms with Gasteiger partial charge >= 0.3 is 5.69 Å². The molecular formula is C12H19N3O2. The monoisotopic (exact) mass is 237 g/mol. The van der Waals surface area contributed by atoms with E-state index in [0.29, 0.717) is 12.4 Å². The third kappa shape index (κ3) is 2.14. The highest BCUT2D eigenvalue weighted by Crippen LogP contribution is 2.27. The number of aromatic nitrogens is 2. The smallest absolute Gasteiger partial charge is 0.332 e. The predicted molar refractivity (Wildman–Crippen MR) is 67.2 cm³/mol. The van der Waals surface area contributed by atoms with Crippen LogP contribution in [0.25, 0.3) is 0 Å². The lowest BCUT2D eigenvalue weighted by molar-refractivity contribution is 0.339. The average Bonchev–Trinajstić information content (AvgIpc) is 2.30. The fourth-order valence-corrected chi connectivity index (χ4v) is 2.61. The van der Waals surface area contributed by atoms with Crippen LogP contribution in [0.2, 0.25) is 0 Å². The number of hydrogen-bond donors (Lipinski definition) is 1. The van der Waals surface area contributed by atoms with E-state index in [9.17, 15) is 9.59 Å². The van der Waals surface area contributed by atoms with Crippen LogP contribution < -0.4 is 17.0 Å². The second-order valence-electron chi connectivity index (χ2n) is 4.60. The van der Waals surface area contributed by atoms with Crippen molar-refractivity contribution in [2.24, 2.45) is 0 Å². The van der Waals surface area contributed by atoms with Crippen molar-refractivity contribution in [3.63, 3.8) is 0 Å². The maximum Gasteiger partial charge on any atom is 0.332 e. The molecule has 1 aromatic heterocycles. The Morgan fingerprint density at radius 1 is 1.29 bits per heavy atom. The van der Waals surface area contributed by atoms with E-state index in [0.717, 1.165) is 25.7 Å². The van der Waals surface area contributed by atoms with Crippen LogP contribution in [0.3, 0.4) is 0 Å². The van der Waals surface area contributed by atoms with Crippen molar-refractivity contribution < 1.29 is 0 Å². The Balaban J connectivity index is 2.52. The van der Waals surface area contributed by atoms with E-state index < -0.39 is 0 Å². The molecule has 1 fully saturated rings. The van der Waals surface area contributed by atoms with Crippen LogP contribution in [0.5, 0.6) is 0 Å². The first-order chi connectivity index (χ1) is 8.15. The van der Waals surface area contributed by atoms with Gasteiger partial charge in [-0.05, 0) is 19.8 Å². The van der Waals surface area contributed by atoms with Crippen LogP contribution in [0, 0.1) is 0 Å². The lowest BCUT2D eigenvalue weighted by Crippen LogP contribution is -2.42. The molecule has 0 bridgehead atoms. The molecule has 0 unspecified atom stereocenters. The Kier molecular flexibility index (Phi) is 3.36. The van der Waals surface area contributed by atoms with Crippen molar-refractivity contribution in [1.29, 1.82) is 0 Å². The number of nitrogen functional groups attached to an aromatic ring is 1. The zero-order chi connectivity index (χ0) is 12.4. The van der Waals surface area contributed by atoms with Gasteiger partial charge in [0.1, 0.15) is 5.82 Å². The minimum Gasteiger partial charge on any atom is -0.385 e. The standard InChI is InChI=1S/C12H19N3O2/c1-2-14-11(16)8-10(13)15(12(14)17)9-6-4-3-5-7-9/h8-9H,2-7,13H2,1H3. The van der Waals surface area contributed by atoms with Crippen molar-refractivity contribution in [2.75, 3.05) is 5.73 Å². The van der Waals surface area contributed by atoms with Crippen LogP contribution in [-0.2, 0) is 6.54 Å². The highest BCUT2D eigenvalue weighted by atomic mass is 16.2. The summed E-state index contributed by atoms with van der Waals surface area (Å²) in [7, 11) is 0. The molecular weight excluding hydrogens is 218 g/mol. The van der Waals surface area contributed by atoms with Crippen LogP contribution in [-0.4, -0.2) is 9.13 Å². The first-order valence-corrected chi connectivity index (χ1v) is 6.27. The minimum absolute atomic E-state index is 0.162. The minimum atomic E-state index is -0.304. The van der Waals surface area contributed by atoms with Gasteiger partial charge in [0.25, 0.3) is 5.56 Å². The molecule has 0 aliphatic heterocycles. The van der Waals surface area contributed by atoms with Crippen LogP contribution in [0.4, 0.5) is 5.82 Å². The first-order valence-electron chi connectivity index (χ1n) is 6.27. The van der Waals surface area contributed by atoms with Gasteiger partial charge in [0.05, 0.1) is 0 Å². The Morgan fingerprint density at radius 3 is 2.53 bits per heavy atom. The molecule has 0 amide bonds. The second kappa shape index (κ2) is 4.77. The second-order valence-corrected chi connectivity index (χ2v) is 4.60. The molecule has 5 nitrogen and oxygen atoms in total. The zero-order valence-electron chi connectivity index (χ0n) is 10.2. The Hall–Kier alpha value is -1.52. The maximum absolute atomic E-state index is 12.2. The first kappa shape index (κ1) is 12.0. The van der Waals surface area contributed by atoms with Gasteiger partial charge in [-0.15, -0.1) is 0 Å². The highest BCUT2D eigenvalue weighted by Gasteiger charge is 2.20. The fraction of sp³-hybridized carbons (Fsp3) is 0.667. The number of nitrogens with two attached hydrogens (primary N) is 1. The molecule has 17 heavy (non-hydrogen) atoms. The number of nitrogens with zero attached hydrogens (tertiary/aromatic N) is 2. The van der Waals surface area contributed by atoms with Crippen LogP contribution in [0.1, 0.15) is 45.1 Å². The van der Waals surface area contributed by atoms with Gasteiger partial charge in [0.15, 0.2) is 0 Å². The highest BCUT2D eigenvalue weighted by molar-refractivity contribution is 5.27. The molecule has 1 heterocycles.